The number of carbonyl (C=O) groups is 2. The molecule has 2 aliphatic heterocycles. The number of ether oxygens (including phenoxy) is 1. The summed E-state index contributed by atoms with van der Waals surface area (Å²) in [7, 11) is 0. The average Bonchev–Trinajstić information content (AvgIpc) is 3.25. The zero-order valence-corrected chi connectivity index (χ0v) is 15.4. The monoisotopic (exact) mass is 408 g/mol. The highest BCUT2D eigenvalue weighted by molar-refractivity contribution is 7.09. The number of rotatable bonds is 5. The van der Waals surface area contributed by atoms with E-state index in [0.717, 1.165) is 39.1 Å². The number of halogens is 3. The van der Waals surface area contributed by atoms with Gasteiger partial charge in [0.15, 0.2) is 0 Å². The van der Waals surface area contributed by atoms with Crippen LogP contribution in [-0.4, -0.2) is 55.5 Å². The summed E-state index contributed by atoms with van der Waals surface area (Å²) in [5, 5.41) is 15.6. The molecule has 3 heterocycles. The lowest BCUT2D eigenvalue weighted by molar-refractivity contribution is -0.192. The van der Waals surface area contributed by atoms with E-state index in [0.29, 0.717) is 18.3 Å². The molecule has 0 aromatic carbocycles. The Morgan fingerprint density at radius 3 is 2.78 bits per heavy atom. The van der Waals surface area contributed by atoms with Crippen LogP contribution in [-0.2, 0) is 20.7 Å². The fourth-order valence-electron chi connectivity index (χ4n) is 3.23. The molecule has 0 spiro atoms. The van der Waals surface area contributed by atoms with Gasteiger partial charge in [0, 0.05) is 23.9 Å². The second kappa shape index (κ2) is 10.0. The van der Waals surface area contributed by atoms with Gasteiger partial charge in [-0.05, 0) is 36.8 Å². The van der Waals surface area contributed by atoms with E-state index >= 15 is 0 Å². The van der Waals surface area contributed by atoms with Crippen molar-refractivity contribution in [2.24, 2.45) is 11.8 Å². The summed E-state index contributed by atoms with van der Waals surface area (Å²) in [6.45, 7) is 3.63. The maximum Gasteiger partial charge on any atom is 0.490 e. The number of fused-ring (bicyclic) bond motifs is 1. The lowest BCUT2D eigenvalue weighted by Gasteiger charge is -2.27. The Labute approximate surface area is 159 Å². The number of carboxylic acid groups (broad SMARTS) is 1. The summed E-state index contributed by atoms with van der Waals surface area (Å²) in [6.07, 6.45) is -2.38. The van der Waals surface area contributed by atoms with Crippen LogP contribution in [0.1, 0.15) is 17.7 Å². The third-order valence-corrected chi connectivity index (χ3v) is 5.51. The molecule has 10 heteroatoms. The smallest absolute Gasteiger partial charge is 0.475 e. The molecule has 2 aliphatic rings. The van der Waals surface area contributed by atoms with Crippen molar-refractivity contribution in [2.75, 3.05) is 26.2 Å². The maximum atomic E-state index is 12.0. The molecular weight excluding hydrogens is 385 g/mol. The number of thiophene rings is 1. The number of alkyl halides is 3. The number of hydrogen-bond acceptors (Lipinski definition) is 5. The zero-order valence-electron chi connectivity index (χ0n) is 14.6. The van der Waals surface area contributed by atoms with Crippen molar-refractivity contribution >= 4 is 23.2 Å². The number of amides is 1. The summed E-state index contributed by atoms with van der Waals surface area (Å²) in [5.74, 6) is -1.45. The quantitative estimate of drug-likeness (QED) is 0.694. The Morgan fingerprint density at radius 2 is 2.15 bits per heavy atom. The van der Waals surface area contributed by atoms with Crippen molar-refractivity contribution in [1.82, 2.24) is 10.6 Å². The van der Waals surface area contributed by atoms with E-state index < -0.39 is 12.1 Å². The first-order chi connectivity index (χ1) is 12.8. The van der Waals surface area contributed by atoms with Crippen molar-refractivity contribution < 1.29 is 32.6 Å². The molecule has 0 aliphatic carbocycles. The molecule has 2 fully saturated rings. The Kier molecular flexibility index (Phi) is 8.06. The van der Waals surface area contributed by atoms with E-state index in [9.17, 15) is 18.0 Å². The van der Waals surface area contributed by atoms with E-state index in [4.69, 9.17) is 14.6 Å². The minimum absolute atomic E-state index is 0.129. The van der Waals surface area contributed by atoms with E-state index in [1.165, 1.54) is 4.88 Å². The third kappa shape index (κ3) is 7.11. The van der Waals surface area contributed by atoms with Gasteiger partial charge in [-0.2, -0.15) is 13.2 Å². The van der Waals surface area contributed by atoms with Gasteiger partial charge in [-0.1, -0.05) is 6.07 Å². The van der Waals surface area contributed by atoms with Crippen LogP contribution in [0.15, 0.2) is 17.5 Å². The Bertz CT molecular complexity index is 610. The number of hydrogen-bond donors (Lipinski definition) is 3. The molecule has 0 unspecified atom stereocenters. The van der Waals surface area contributed by atoms with Crippen molar-refractivity contribution in [1.29, 1.82) is 0 Å². The lowest BCUT2D eigenvalue weighted by atomic mass is 9.84. The highest BCUT2D eigenvalue weighted by atomic mass is 32.1. The van der Waals surface area contributed by atoms with Crippen LogP contribution in [0.25, 0.3) is 0 Å². The number of aliphatic carboxylic acids is 1. The van der Waals surface area contributed by atoms with Crippen LogP contribution in [0.3, 0.4) is 0 Å². The van der Waals surface area contributed by atoms with Crippen LogP contribution in [0.2, 0.25) is 0 Å². The van der Waals surface area contributed by atoms with Crippen molar-refractivity contribution in [3.63, 3.8) is 0 Å². The molecule has 6 nitrogen and oxygen atoms in total. The second-order valence-electron chi connectivity index (χ2n) is 6.47. The van der Waals surface area contributed by atoms with Crippen LogP contribution in [0.4, 0.5) is 13.2 Å². The molecule has 0 radical (unpaired) electrons. The van der Waals surface area contributed by atoms with Crippen LogP contribution < -0.4 is 10.6 Å². The van der Waals surface area contributed by atoms with Crippen molar-refractivity contribution in [3.05, 3.63) is 22.4 Å². The third-order valence-electron chi connectivity index (χ3n) is 4.57. The van der Waals surface area contributed by atoms with E-state index in [1.54, 1.807) is 11.3 Å². The van der Waals surface area contributed by atoms with Crippen molar-refractivity contribution in [3.8, 4) is 0 Å². The van der Waals surface area contributed by atoms with E-state index in [-0.39, 0.29) is 12.0 Å². The second-order valence-corrected chi connectivity index (χ2v) is 7.51. The molecule has 152 valence electrons. The zero-order chi connectivity index (χ0) is 19.9. The van der Waals surface area contributed by atoms with Gasteiger partial charge >= 0.3 is 12.1 Å². The highest BCUT2D eigenvalue weighted by Crippen LogP contribution is 2.33. The van der Waals surface area contributed by atoms with Gasteiger partial charge in [0.2, 0.25) is 5.91 Å². The Balaban J connectivity index is 0.000000321. The summed E-state index contributed by atoms with van der Waals surface area (Å²) in [4.78, 5) is 22.2. The van der Waals surface area contributed by atoms with Gasteiger partial charge in [0.05, 0.1) is 19.1 Å². The van der Waals surface area contributed by atoms with Crippen molar-refractivity contribution in [2.45, 2.75) is 31.5 Å². The normalized spacial score (nSPS) is 24.5. The summed E-state index contributed by atoms with van der Waals surface area (Å²) in [5.41, 5.74) is 0. The minimum atomic E-state index is -5.08. The molecular formula is C17H23F3N2O4S. The van der Waals surface area contributed by atoms with Gasteiger partial charge in [-0.25, -0.2) is 4.79 Å². The molecule has 3 atom stereocenters. The Hall–Kier alpha value is -1.65. The summed E-state index contributed by atoms with van der Waals surface area (Å²) in [6, 6.07) is 4.15. The predicted octanol–water partition coefficient (Wildman–Crippen LogP) is 2.05. The Morgan fingerprint density at radius 1 is 1.41 bits per heavy atom. The highest BCUT2D eigenvalue weighted by Gasteiger charge is 2.39. The van der Waals surface area contributed by atoms with Gasteiger partial charge < -0.3 is 20.5 Å². The number of carbonyl (C=O) groups excluding carboxylic acids is 1. The van der Waals surface area contributed by atoms with Gasteiger partial charge in [0.25, 0.3) is 0 Å². The molecule has 27 heavy (non-hydrogen) atoms. The molecule has 1 aromatic rings. The molecule has 0 bridgehead atoms. The fourth-order valence-corrected chi connectivity index (χ4v) is 3.94. The average molecular weight is 408 g/mol. The van der Waals surface area contributed by atoms with Gasteiger partial charge in [0.1, 0.15) is 0 Å². The molecule has 1 aromatic heterocycles. The first kappa shape index (κ1) is 21.6. The molecule has 1 amide bonds. The maximum absolute atomic E-state index is 12.0. The van der Waals surface area contributed by atoms with Crippen LogP contribution >= 0.6 is 11.3 Å². The molecule has 0 saturated carbocycles. The first-order valence-corrected chi connectivity index (χ1v) is 9.57. The SMILES string of the molecule is O=C(C[C@H]1OC[C@H]2CNCC[C@H]21)NCCc1cccs1.O=C(O)C(F)(F)F. The molecule has 2 saturated heterocycles. The predicted molar refractivity (Wildman–Crippen MR) is 93.5 cm³/mol. The summed E-state index contributed by atoms with van der Waals surface area (Å²) >= 11 is 1.74. The fraction of sp³-hybridized carbons (Fsp3) is 0.647. The van der Waals surface area contributed by atoms with E-state index in [2.05, 4.69) is 22.1 Å². The van der Waals surface area contributed by atoms with E-state index in [1.807, 2.05) is 6.07 Å². The summed E-state index contributed by atoms with van der Waals surface area (Å²) < 4.78 is 37.6. The topological polar surface area (TPSA) is 87.7 Å². The first-order valence-electron chi connectivity index (χ1n) is 8.69. The standard InChI is InChI=1S/C15H22N2O2S.C2HF3O2/c18-15(17-6-3-12-2-1-7-20-12)8-14-13-4-5-16-9-11(13)10-19-14;3-2(4,5)1(6)7/h1-2,7,11,13-14,16H,3-6,8-10H2,(H,17,18);(H,6,7)/t11-,13-,14-;/m1./s1. The number of piperidine rings is 1. The lowest BCUT2D eigenvalue weighted by Crippen LogP contribution is -2.39. The molecule has 3 N–H and O–H groups in total. The molecule has 3 rings (SSSR count). The van der Waals surface area contributed by atoms with Gasteiger partial charge in [-0.3, -0.25) is 4.79 Å². The van der Waals surface area contributed by atoms with Crippen LogP contribution in [0, 0.1) is 11.8 Å². The minimum Gasteiger partial charge on any atom is -0.475 e. The largest absolute Gasteiger partial charge is 0.490 e. The van der Waals surface area contributed by atoms with Gasteiger partial charge in [-0.15, -0.1) is 11.3 Å². The van der Waals surface area contributed by atoms with Crippen LogP contribution in [0.5, 0.6) is 0 Å². The number of nitrogens with one attached hydrogen (secondary N) is 2. The number of carboxylic acids is 1.